The normalized spacial score (nSPS) is 12.4. The largest absolute Gasteiger partial charge is 0.316 e. The Bertz CT molecular complexity index is 494. The van der Waals surface area contributed by atoms with Gasteiger partial charge in [0.1, 0.15) is 11.0 Å². The van der Waals surface area contributed by atoms with Crippen LogP contribution >= 0.6 is 22.7 Å². The second kappa shape index (κ2) is 5.35. The van der Waals surface area contributed by atoms with E-state index in [2.05, 4.69) is 15.5 Å². The van der Waals surface area contributed by atoms with Crippen molar-refractivity contribution in [3.8, 4) is 0 Å². The topological polar surface area (TPSA) is 80.9 Å². The molecule has 0 aliphatic carbocycles. The average Bonchev–Trinajstić information content (AvgIpc) is 2.98. The molecule has 0 spiro atoms. The van der Waals surface area contributed by atoms with Crippen LogP contribution in [0.5, 0.6) is 0 Å². The number of aromatic nitrogens is 2. The third kappa shape index (κ3) is 2.87. The first kappa shape index (κ1) is 12.2. The molecule has 0 aliphatic heterocycles. The smallest absolute Gasteiger partial charge is 0.248 e. The second-order valence-electron chi connectivity index (χ2n) is 3.34. The van der Waals surface area contributed by atoms with Gasteiger partial charge in [-0.15, -0.1) is 21.5 Å². The van der Waals surface area contributed by atoms with Gasteiger partial charge in [0.05, 0.1) is 0 Å². The van der Waals surface area contributed by atoms with Crippen LogP contribution in [0, 0.1) is 0 Å². The third-order valence-corrected chi connectivity index (χ3v) is 4.07. The number of nitrogens with zero attached hydrogens (tertiary/aromatic N) is 2. The number of hydrogen-bond donors (Lipinski definition) is 2. The van der Waals surface area contributed by atoms with E-state index in [0.29, 0.717) is 5.13 Å². The Morgan fingerprint density at radius 1 is 1.59 bits per heavy atom. The molecular weight excluding hydrogens is 256 g/mol. The summed E-state index contributed by atoms with van der Waals surface area (Å²) in [6, 6.07) is 3.06. The predicted molar refractivity (Wildman–Crippen MR) is 69.2 cm³/mol. The van der Waals surface area contributed by atoms with Crippen molar-refractivity contribution in [2.75, 3.05) is 5.32 Å². The van der Waals surface area contributed by atoms with Gasteiger partial charge >= 0.3 is 0 Å². The molecule has 0 saturated heterocycles. The monoisotopic (exact) mass is 268 g/mol. The first-order chi connectivity index (χ1) is 8.20. The number of hydrogen-bond acceptors (Lipinski definition) is 6. The molecule has 0 fully saturated rings. The highest BCUT2D eigenvalue weighted by Crippen LogP contribution is 2.20. The molecular formula is C10H12N4OS2. The number of rotatable bonds is 4. The number of carbonyl (C=O) groups excluding carboxylic acids is 1. The average molecular weight is 268 g/mol. The number of carbonyl (C=O) groups is 1. The molecule has 2 aromatic rings. The maximum atomic E-state index is 11.8. The van der Waals surface area contributed by atoms with Crippen molar-refractivity contribution < 1.29 is 4.79 Å². The van der Waals surface area contributed by atoms with Gasteiger partial charge in [-0.2, -0.15) is 0 Å². The van der Waals surface area contributed by atoms with Gasteiger partial charge in [0.2, 0.25) is 11.0 Å². The lowest BCUT2D eigenvalue weighted by atomic mass is 10.2. The highest BCUT2D eigenvalue weighted by Gasteiger charge is 2.18. The number of nitrogens with two attached hydrogens (primary N) is 1. The predicted octanol–water partition coefficient (Wildman–Crippen LogP) is 1.80. The molecule has 0 radical (unpaired) electrons. The van der Waals surface area contributed by atoms with E-state index in [1.165, 1.54) is 22.7 Å². The zero-order valence-electron chi connectivity index (χ0n) is 9.21. The van der Waals surface area contributed by atoms with E-state index in [-0.39, 0.29) is 5.91 Å². The molecule has 1 atom stereocenters. The molecule has 3 N–H and O–H groups in total. The van der Waals surface area contributed by atoms with E-state index in [9.17, 15) is 4.79 Å². The van der Waals surface area contributed by atoms with Gasteiger partial charge in [-0.25, -0.2) is 0 Å². The van der Waals surface area contributed by atoms with Crippen LogP contribution in [0.4, 0.5) is 5.13 Å². The van der Waals surface area contributed by atoms with Crippen molar-refractivity contribution in [3.05, 3.63) is 27.4 Å². The van der Waals surface area contributed by atoms with E-state index in [0.717, 1.165) is 16.3 Å². The second-order valence-corrected chi connectivity index (χ2v) is 5.38. The highest BCUT2D eigenvalue weighted by molar-refractivity contribution is 7.15. The first-order valence-electron chi connectivity index (χ1n) is 5.13. The zero-order valence-corrected chi connectivity index (χ0v) is 10.8. The Morgan fingerprint density at radius 3 is 3.00 bits per heavy atom. The molecule has 1 amide bonds. The first-order valence-corrected chi connectivity index (χ1v) is 6.82. The van der Waals surface area contributed by atoms with E-state index in [1.807, 2.05) is 24.4 Å². The van der Waals surface area contributed by atoms with Crippen LogP contribution in [0.25, 0.3) is 0 Å². The van der Waals surface area contributed by atoms with E-state index >= 15 is 0 Å². The van der Waals surface area contributed by atoms with Crippen LogP contribution in [0.15, 0.2) is 17.5 Å². The van der Waals surface area contributed by atoms with Crippen molar-refractivity contribution in [1.82, 2.24) is 10.2 Å². The summed E-state index contributed by atoms with van der Waals surface area (Å²) >= 11 is 2.83. The Hall–Kier alpha value is -1.31. The number of thiophene rings is 1. The summed E-state index contributed by atoms with van der Waals surface area (Å²) in [6.45, 7) is 1.99. The lowest BCUT2D eigenvalue weighted by Crippen LogP contribution is -2.26. The van der Waals surface area contributed by atoms with Gasteiger partial charge in [-0.05, 0) is 17.9 Å². The molecule has 2 rings (SSSR count). The SMILES string of the molecule is CCc1nnc(NC(=O)C(N)c2cccs2)s1. The Kier molecular flexibility index (Phi) is 3.82. The van der Waals surface area contributed by atoms with Crippen LogP contribution < -0.4 is 11.1 Å². The molecule has 0 saturated carbocycles. The molecule has 90 valence electrons. The van der Waals surface area contributed by atoms with Gasteiger partial charge in [-0.3, -0.25) is 10.1 Å². The van der Waals surface area contributed by atoms with Gasteiger partial charge in [-0.1, -0.05) is 24.3 Å². The number of anilines is 1. The molecule has 17 heavy (non-hydrogen) atoms. The van der Waals surface area contributed by atoms with Gasteiger partial charge in [0.15, 0.2) is 0 Å². The molecule has 2 aromatic heterocycles. The Balaban J connectivity index is 2.01. The summed E-state index contributed by atoms with van der Waals surface area (Å²) < 4.78 is 0. The molecule has 0 bridgehead atoms. The van der Waals surface area contributed by atoms with Crippen LogP contribution in [0.1, 0.15) is 22.9 Å². The minimum Gasteiger partial charge on any atom is -0.316 e. The summed E-state index contributed by atoms with van der Waals surface area (Å²) in [5.41, 5.74) is 5.82. The molecule has 1 unspecified atom stereocenters. The van der Waals surface area contributed by atoms with Crippen LogP contribution in [-0.4, -0.2) is 16.1 Å². The minimum atomic E-state index is -0.649. The number of nitrogens with one attached hydrogen (secondary N) is 1. The zero-order chi connectivity index (χ0) is 12.3. The fraction of sp³-hybridized carbons (Fsp3) is 0.300. The van der Waals surface area contributed by atoms with Crippen LogP contribution in [0.3, 0.4) is 0 Å². The lowest BCUT2D eigenvalue weighted by Gasteiger charge is -2.07. The molecule has 5 nitrogen and oxygen atoms in total. The van der Waals surface area contributed by atoms with Crippen molar-refractivity contribution in [3.63, 3.8) is 0 Å². The van der Waals surface area contributed by atoms with Gasteiger partial charge in [0.25, 0.3) is 0 Å². The van der Waals surface area contributed by atoms with Crippen LogP contribution in [0.2, 0.25) is 0 Å². The summed E-state index contributed by atoms with van der Waals surface area (Å²) in [6.07, 6.45) is 0.810. The van der Waals surface area contributed by atoms with Gasteiger partial charge < -0.3 is 5.73 Å². The van der Waals surface area contributed by atoms with E-state index in [4.69, 9.17) is 5.73 Å². The summed E-state index contributed by atoms with van der Waals surface area (Å²) in [5.74, 6) is -0.258. The quantitative estimate of drug-likeness (QED) is 0.886. The van der Waals surface area contributed by atoms with Gasteiger partial charge in [0, 0.05) is 4.88 Å². The highest BCUT2D eigenvalue weighted by atomic mass is 32.1. The van der Waals surface area contributed by atoms with E-state index in [1.54, 1.807) is 0 Å². The fourth-order valence-corrected chi connectivity index (χ4v) is 2.64. The molecule has 2 heterocycles. The number of amides is 1. The maximum absolute atomic E-state index is 11.8. The Morgan fingerprint density at radius 2 is 2.41 bits per heavy atom. The van der Waals surface area contributed by atoms with Crippen molar-refractivity contribution in [2.24, 2.45) is 5.73 Å². The standard InChI is InChI=1S/C10H12N4OS2/c1-2-7-13-14-10(17-7)12-9(15)8(11)6-4-3-5-16-6/h3-5,8H,2,11H2,1H3,(H,12,14,15). The fourth-order valence-electron chi connectivity index (χ4n) is 1.23. The lowest BCUT2D eigenvalue weighted by molar-refractivity contribution is -0.117. The summed E-state index contributed by atoms with van der Waals surface area (Å²) in [7, 11) is 0. The van der Waals surface area contributed by atoms with E-state index < -0.39 is 6.04 Å². The molecule has 0 aliphatic rings. The van der Waals surface area contributed by atoms with Crippen LogP contribution in [-0.2, 0) is 11.2 Å². The Labute approximate surface area is 107 Å². The van der Waals surface area contributed by atoms with Crippen molar-refractivity contribution >= 4 is 33.7 Å². The molecule has 7 heteroatoms. The van der Waals surface area contributed by atoms with Crippen molar-refractivity contribution in [2.45, 2.75) is 19.4 Å². The summed E-state index contributed by atoms with van der Waals surface area (Å²) in [5, 5.41) is 13.8. The third-order valence-electron chi connectivity index (χ3n) is 2.13. The van der Waals surface area contributed by atoms with Crippen molar-refractivity contribution in [1.29, 1.82) is 0 Å². The molecule has 0 aromatic carbocycles. The minimum absolute atomic E-state index is 0.258. The maximum Gasteiger partial charge on any atom is 0.248 e. The summed E-state index contributed by atoms with van der Waals surface area (Å²) in [4.78, 5) is 12.7. The number of aryl methyl sites for hydroxylation is 1.